The third-order valence-corrected chi connectivity index (χ3v) is 9.36. The van der Waals surface area contributed by atoms with Crippen LogP contribution in [0.2, 0.25) is 0 Å². The van der Waals surface area contributed by atoms with E-state index in [1.807, 2.05) is 0 Å². The smallest absolute Gasteiger partial charge is 0.399 e. The predicted octanol–water partition coefficient (Wildman–Crippen LogP) is 9.37. The first-order valence-electron chi connectivity index (χ1n) is 14.4. The fraction of sp³-hybridized carbons (Fsp3) is 0.158. The first-order chi connectivity index (χ1) is 19.8. The number of rotatable bonds is 3. The molecule has 1 saturated heterocycles. The molecule has 2 nitrogen and oxygen atoms in total. The molecule has 1 aliphatic rings. The largest absolute Gasteiger partial charge is 0.494 e. The summed E-state index contributed by atoms with van der Waals surface area (Å²) in [5.74, 6) is 0. The fourth-order valence-corrected chi connectivity index (χ4v) is 6.37. The molecule has 8 rings (SSSR count). The van der Waals surface area contributed by atoms with Gasteiger partial charge in [0, 0.05) is 0 Å². The van der Waals surface area contributed by atoms with Gasteiger partial charge in [-0.05, 0) is 129 Å². The Hall–Kier alpha value is -4.18. The van der Waals surface area contributed by atoms with Crippen molar-refractivity contribution in [1.29, 1.82) is 0 Å². The molecule has 1 aliphatic heterocycles. The molecule has 1 heterocycles. The van der Waals surface area contributed by atoms with Crippen LogP contribution in [0.25, 0.3) is 65.3 Å². The standard InChI is InChI=1S/C38H31BO2/c1-37(2)38(3,4)41-39(40-37)34-17-16-25-18-26(10-11-27(25)23-34)33-21-30-14-12-28-19-32(24-8-6-5-7-9-24)20-29-13-15-31(22-33)36(30)35(28)29/h5-23H,1-4H3. The van der Waals surface area contributed by atoms with Crippen LogP contribution < -0.4 is 5.46 Å². The second-order valence-corrected chi connectivity index (χ2v) is 12.5. The van der Waals surface area contributed by atoms with Gasteiger partial charge in [0.05, 0.1) is 11.2 Å². The van der Waals surface area contributed by atoms with Crippen molar-refractivity contribution in [2.45, 2.75) is 38.9 Å². The van der Waals surface area contributed by atoms with Gasteiger partial charge in [0.15, 0.2) is 0 Å². The van der Waals surface area contributed by atoms with Crippen LogP contribution in [0, 0.1) is 0 Å². The Morgan fingerprint density at radius 1 is 0.415 bits per heavy atom. The van der Waals surface area contributed by atoms with Crippen molar-refractivity contribution in [3.05, 3.63) is 115 Å². The lowest BCUT2D eigenvalue weighted by Gasteiger charge is -2.32. The normalized spacial score (nSPS) is 16.4. The molecule has 0 amide bonds. The maximum Gasteiger partial charge on any atom is 0.494 e. The Labute approximate surface area is 241 Å². The zero-order chi connectivity index (χ0) is 27.9. The summed E-state index contributed by atoms with van der Waals surface area (Å²) in [6.07, 6.45) is 0. The van der Waals surface area contributed by atoms with Crippen LogP contribution in [-0.4, -0.2) is 18.3 Å². The Morgan fingerprint density at radius 2 is 0.854 bits per heavy atom. The summed E-state index contributed by atoms with van der Waals surface area (Å²) in [6, 6.07) is 42.3. The number of benzene rings is 7. The summed E-state index contributed by atoms with van der Waals surface area (Å²) in [7, 11) is -0.354. The third-order valence-electron chi connectivity index (χ3n) is 9.36. The summed E-state index contributed by atoms with van der Waals surface area (Å²) >= 11 is 0. The molecule has 0 aromatic heterocycles. The highest BCUT2D eigenvalue weighted by atomic mass is 16.7. The quantitative estimate of drug-likeness (QED) is 0.167. The van der Waals surface area contributed by atoms with E-state index < -0.39 is 0 Å². The van der Waals surface area contributed by atoms with Crippen molar-refractivity contribution in [2.75, 3.05) is 0 Å². The number of fused-ring (bicyclic) bond motifs is 1. The van der Waals surface area contributed by atoms with Crippen molar-refractivity contribution in [3.63, 3.8) is 0 Å². The van der Waals surface area contributed by atoms with Gasteiger partial charge in [-0.3, -0.25) is 0 Å². The van der Waals surface area contributed by atoms with Crippen LogP contribution in [0.5, 0.6) is 0 Å². The highest BCUT2D eigenvalue weighted by Gasteiger charge is 2.51. The van der Waals surface area contributed by atoms with Crippen LogP contribution in [-0.2, 0) is 9.31 Å². The molecule has 7 aromatic carbocycles. The lowest BCUT2D eigenvalue weighted by molar-refractivity contribution is 0.00578. The molecular weight excluding hydrogens is 499 g/mol. The molecule has 3 heteroatoms. The molecule has 0 unspecified atom stereocenters. The van der Waals surface area contributed by atoms with E-state index in [4.69, 9.17) is 9.31 Å². The Morgan fingerprint density at radius 3 is 1.41 bits per heavy atom. The molecule has 1 fully saturated rings. The van der Waals surface area contributed by atoms with Gasteiger partial charge in [0.2, 0.25) is 0 Å². The summed E-state index contributed by atoms with van der Waals surface area (Å²) < 4.78 is 12.6. The van der Waals surface area contributed by atoms with Crippen LogP contribution in [0.3, 0.4) is 0 Å². The van der Waals surface area contributed by atoms with Gasteiger partial charge in [-0.2, -0.15) is 0 Å². The van der Waals surface area contributed by atoms with E-state index in [0.717, 1.165) is 5.46 Å². The van der Waals surface area contributed by atoms with Crippen molar-refractivity contribution < 1.29 is 9.31 Å². The van der Waals surface area contributed by atoms with Gasteiger partial charge in [0.25, 0.3) is 0 Å². The highest BCUT2D eigenvalue weighted by molar-refractivity contribution is 6.62. The first-order valence-corrected chi connectivity index (χ1v) is 14.4. The SMILES string of the molecule is CC1(C)OB(c2ccc3cc(-c4cc5ccc6cc(-c7ccccc7)cc7ccc(c4)c5c67)ccc3c2)OC1(C)C. The molecular formula is C38H31BO2. The summed E-state index contributed by atoms with van der Waals surface area (Å²) in [4.78, 5) is 0. The molecule has 0 N–H and O–H groups in total. The van der Waals surface area contributed by atoms with E-state index in [2.05, 4.69) is 143 Å². The van der Waals surface area contributed by atoms with Gasteiger partial charge in [-0.15, -0.1) is 0 Å². The van der Waals surface area contributed by atoms with E-state index in [0.29, 0.717) is 0 Å². The fourth-order valence-electron chi connectivity index (χ4n) is 6.37. The molecule has 198 valence electrons. The maximum atomic E-state index is 6.29. The second kappa shape index (κ2) is 8.66. The van der Waals surface area contributed by atoms with Gasteiger partial charge < -0.3 is 9.31 Å². The van der Waals surface area contributed by atoms with Gasteiger partial charge in [-0.1, -0.05) is 84.9 Å². The van der Waals surface area contributed by atoms with Crippen molar-refractivity contribution in [3.8, 4) is 22.3 Å². The van der Waals surface area contributed by atoms with Crippen molar-refractivity contribution >= 4 is 55.7 Å². The summed E-state index contributed by atoms with van der Waals surface area (Å²) in [5, 5.41) is 10.2. The average Bonchev–Trinajstić information content (AvgIpc) is 3.21. The Balaban J connectivity index is 1.19. The lowest BCUT2D eigenvalue weighted by atomic mass is 9.78. The molecule has 41 heavy (non-hydrogen) atoms. The second-order valence-electron chi connectivity index (χ2n) is 12.5. The van der Waals surface area contributed by atoms with E-state index in [1.54, 1.807) is 0 Å². The van der Waals surface area contributed by atoms with E-state index in [9.17, 15) is 0 Å². The molecule has 0 spiro atoms. The van der Waals surface area contributed by atoms with Crippen LogP contribution in [0.1, 0.15) is 27.7 Å². The minimum Gasteiger partial charge on any atom is -0.399 e. The lowest BCUT2D eigenvalue weighted by Crippen LogP contribution is -2.41. The summed E-state index contributed by atoms with van der Waals surface area (Å²) in [6.45, 7) is 8.38. The minimum absolute atomic E-state index is 0.350. The van der Waals surface area contributed by atoms with E-state index in [-0.39, 0.29) is 18.3 Å². The van der Waals surface area contributed by atoms with Crippen molar-refractivity contribution in [2.24, 2.45) is 0 Å². The Kier molecular flexibility index (Phi) is 5.20. The topological polar surface area (TPSA) is 18.5 Å². The Bertz CT molecular complexity index is 2030. The summed E-state index contributed by atoms with van der Waals surface area (Å²) in [5.41, 5.74) is 5.32. The third kappa shape index (κ3) is 3.88. The predicted molar refractivity (Wildman–Crippen MR) is 174 cm³/mol. The zero-order valence-corrected chi connectivity index (χ0v) is 23.9. The molecule has 0 aliphatic carbocycles. The van der Waals surface area contributed by atoms with Crippen LogP contribution in [0.15, 0.2) is 115 Å². The average molecular weight is 530 g/mol. The molecule has 0 bridgehead atoms. The van der Waals surface area contributed by atoms with Crippen LogP contribution >= 0.6 is 0 Å². The van der Waals surface area contributed by atoms with E-state index >= 15 is 0 Å². The molecule has 7 aromatic rings. The first kappa shape index (κ1) is 24.6. The zero-order valence-electron chi connectivity index (χ0n) is 23.9. The monoisotopic (exact) mass is 530 g/mol. The number of hydrogen-bond acceptors (Lipinski definition) is 2. The molecule has 0 saturated carbocycles. The van der Waals surface area contributed by atoms with Crippen LogP contribution in [0.4, 0.5) is 0 Å². The minimum atomic E-state index is -0.354. The highest BCUT2D eigenvalue weighted by Crippen LogP contribution is 2.40. The van der Waals surface area contributed by atoms with Gasteiger partial charge in [0.1, 0.15) is 0 Å². The van der Waals surface area contributed by atoms with E-state index in [1.165, 1.54) is 65.3 Å². The maximum absolute atomic E-state index is 6.29. The molecule has 0 atom stereocenters. The molecule has 0 radical (unpaired) electrons. The van der Waals surface area contributed by atoms with Crippen molar-refractivity contribution in [1.82, 2.24) is 0 Å². The number of hydrogen-bond donors (Lipinski definition) is 0. The van der Waals surface area contributed by atoms with Gasteiger partial charge >= 0.3 is 7.12 Å². The van der Waals surface area contributed by atoms with Gasteiger partial charge in [-0.25, -0.2) is 0 Å².